The van der Waals surface area contributed by atoms with Crippen LogP contribution in [0.4, 0.5) is 23.4 Å². The number of carbonyl (C=O) groups excluding carboxylic acids is 1. The van der Waals surface area contributed by atoms with E-state index in [2.05, 4.69) is 31.8 Å². The van der Waals surface area contributed by atoms with Gasteiger partial charge in [-0.1, -0.05) is 18.7 Å². The van der Waals surface area contributed by atoms with Gasteiger partial charge >= 0.3 is 6.18 Å². The number of fused-ring (bicyclic) bond motifs is 1. The summed E-state index contributed by atoms with van der Waals surface area (Å²) >= 11 is 0. The smallest absolute Gasteiger partial charge is 0.350 e. The number of carbonyl (C=O) groups is 1. The molecule has 154 valence electrons. The molecule has 1 saturated heterocycles. The van der Waals surface area contributed by atoms with Crippen LogP contribution < -0.4 is 10.2 Å². The van der Waals surface area contributed by atoms with Crippen LogP contribution in [-0.2, 0) is 11.0 Å². The third-order valence-corrected chi connectivity index (χ3v) is 4.55. The van der Waals surface area contributed by atoms with Gasteiger partial charge in [-0.15, -0.1) is 0 Å². The molecule has 1 N–H and O–H groups in total. The Morgan fingerprint density at radius 1 is 1.10 bits per heavy atom. The fraction of sp³-hybridized carbons (Fsp3) is 0.211. The lowest BCUT2D eigenvalue weighted by Gasteiger charge is -2.40. The van der Waals surface area contributed by atoms with Gasteiger partial charge in [-0.25, -0.2) is 24.3 Å². The van der Waals surface area contributed by atoms with E-state index in [9.17, 15) is 22.4 Å². The van der Waals surface area contributed by atoms with E-state index in [1.54, 1.807) is 4.90 Å². The summed E-state index contributed by atoms with van der Waals surface area (Å²) in [6.45, 7) is 3.63. The van der Waals surface area contributed by atoms with Crippen molar-refractivity contribution >= 4 is 22.9 Å². The molecule has 0 unspecified atom stereocenters. The quantitative estimate of drug-likeness (QED) is 0.518. The molecule has 1 aliphatic heterocycles. The minimum atomic E-state index is -4.44. The maximum Gasteiger partial charge on any atom is 0.416 e. The first-order chi connectivity index (χ1) is 14.2. The molecule has 3 aromatic rings. The van der Waals surface area contributed by atoms with Crippen molar-refractivity contribution in [2.45, 2.75) is 12.2 Å². The Balaban J connectivity index is 1.64. The molecule has 1 amide bonds. The van der Waals surface area contributed by atoms with E-state index >= 15 is 0 Å². The predicted octanol–water partition coefficient (Wildman–Crippen LogP) is 2.89. The molecular weight excluding hydrogens is 404 g/mol. The molecule has 11 heteroatoms. The Morgan fingerprint density at radius 2 is 1.77 bits per heavy atom. The second-order valence-electron chi connectivity index (χ2n) is 6.65. The van der Waals surface area contributed by atoms with Crippen molar-refractivity contribution in [3.8, 4) is 11.4 Å². The van der Waals surface area contributed by atoms with Crippen LogP contribution >= 0.6 is 0 Å². The van der Waals surface area contributed by atoms with Gasteiger partial charge < -0.3 is 10.2 Å². The highest BCUT2D eigenvalue weighted by Crippen LogP contribution is 2.32. The Bertz CT molecular complexity index is 1130. The summed E-state index contributed by atoms with van der Waals surface area (Å²) in [5, 5.41) is 2.49. The van der Waals surface area contributed by atoms with Gasteiger partial charge in [-0.3, -0.25) is 4.79 Å². The molecule has 0 atom stereocenters. The minimum Gasteiger partial charge on any atom is -0.350 e. The molecule has 0 saturated carbocycles. The van der Waals surface area contributed by atoms with E-state index in [1.807, 2.05) is 0 Å². The minimum absolute atomic E-state index is 0.191. The largest absolute Gasteiger partial charge is 0.416 e. The zero-order valence-electron chi connectivity index (χ0n) is 15.3. The molecule has 0 aliphatic carbocycles. The third-order valence-electron chi connectivity index (χ3n) is 4.55. The molecule has 4 rings (SSSR count). The number of nitrogens with one attached hydrogen (secondary N) is 1. The number of nitrogens with zero attached hydrogens (tertiary/aromatic N) is 5. The number of anilines is 1. The average molecular weight is 418 g/mol. The van der Waals surface area contributed by atoms with Crippen LogP contribution in [0.1, 0.15) is 5.56 Å². The number of amides is 1. The van der Waals surface area contributed by atoms with E-state index in [-0.39, 0.29) is 17.5 Å². The number of aromatic nitrogens is 4. The molecule has 30 heavy (non-hydrogen) atoms. The average Bonchev–Trinajstić information content (AvgIpc) is 2.69. The van der Waals surface area contributed by atoms with Crippen LogP contribution in [0.15, 0.2) is 49.1 Å². The lowest BCUT2D eigenvalue weighted by molar-refractivity contribution is -0.137. The monoisotopic (exact) mass is 418 g/mol. The van der Waals surface area contributed by atoms with E-state index in [0.717, 1.165) is 12.1 Å². The van der Waals surface area contributed by atoms with Gasteiger partial charge in [0.15, 0.2) is 28.6 Å². The first-order valence-corrected chi connectivity index (χ1v) is 8.79. The van der Waals surface area contributed by atoms with Gasteiger partial charge in [0.2, 0.25) is 0 Å². The van der Waals surface area contributed by atoms with Crippen molar-refractivity contribution in [3.05, 3.63) is 54.6 Å². The van der Waals surface area contributed by atoms with Gasteiger partial charge in [0.1, 0.15) is 0 Å². The molecular formula is C19H14F4N6O. The predicted molar refractivity (Wildman–Crippen MR) is 100.0 cm³/mol. The van der Waals surface area contributed by atoms with Crippen molar-refractivity contribution < 1.29 is 22.4 Å². The lowest BCUT2D eigenvalue weighted by atomic mass is 10.1. The van der Waals surface area contributed by atoms with Crippen LogP contribution in [0.5, 0.6) is 0 Å². The highest BCUT2D eigenvalue weighted by molar-refractivity contribution is 5.91. The summed E-state index contributed by atoms with van der Waals surface area (Å²) in [5.41, 5.74) is 0.300. The van der Waals surface area contributed by atoms with Crippen molar-refractivity contribution in [2.75, 3.05) is 18.0 Å². The maximum atomic E-state index is 12.9. The van der Waals surface area contributed by atoms with Crippen molar-refractivity contribution in [3.63, 3.8) is 0 Å². The van der Waals surface area contributed by atoms with E-state index in [4.69, 9.17) is 0 Å². The standard InChI is InChI=1S/C19H14F4N6O/c1-10(20)18(30)26-13-8-29(9-13)17-14-16(25-7-6-24-14)27-15(28-17)11-2-4-12(5-3-11)19(21,22)23/h2-7,13H,1,8-9H2,(H,26,30). The second-order valence-corrected chi connectivity index (χ2v) is 6.65. The second kappa shape index (κ2) is 7.32. The molecule has 0 radical (unpaired) electrons. The summed E-state index contributed by atoms with van der Waals surface area (Å²) in [7, 11) is 0. The van der Waals surface area contributed by atoms with Crippen molar-refractivity contribution in [2.24, 2.45) is 0 Å². The fourth-order valence-corrected chi connectivity index (χ4v) is 3.01. The highest BCUT2D eigenvalue weighted by atomic mass is 19.4. The number of benzene rings is 1. The van der Waals surface area contributed by atoms with Gasteiger partial charge in [0, 0.05) is 31.0 Å². The Morgan fingerprint density at radius 3 is 2.40 bits per heavy atom. The Kier molecular flexibility index (Phi) is 4.80. The number of rotatable bonds is 4. The van der Waals surface area contributed by atoms with Crippen LogP contribution in [0.25, 0.3) is 22.6 Å². The van der Waals surface area contributed by atoms with Gasteiger partial charge in [-0.05, 0) is 12.1 Å². The van der Waals surface area contributed by atoms with Gasteiger partial charge in [0.25, 0.3) is 5.91 Å². The van der Waals surface area contributed by atoms with E-state index < -0.39 is 23.5 Å². The summed E-state index contributed by atoms with van der Waals surface area (Å²) in [6.07, 6.45) is -1.53. The molecule has 1 aliphatic rings. The van der Waals surface area contributed by atoms with Crippen molar-refractivity contribution in [1.29, 1.82) is 0 Å². The van der Waals surface area contributed by atoms with Crippen LogP contribution in [-0.4, -0.2) is 45.0 Å². The van der Waals surface area contributed by atoms with Crippen LogP contribution in [0.2, 0.25) is 0 Å². The van der Waals surface area contributed by atoms with Crippen LogP contribution in [0, 0.1) is 0 Å². The lowest BCUT2D eigenvalue weighted by Crippen LogP contribution is -2.59. The van der Waals surface area contributed by atoms with Crippen LogP contribution in [0.3, 0.4) is 0 Å². The third kappa shape index (κ3) is 3.78. The number of alkyl halides is 3. The molecule has 7 nitrogen and oxygen atoms in total. The fourth-order valence-electron chi connectivity index (χ4n) is 3.01. The summed E-state index contributed by atoms with van der Waals surface area (Å²) in [4.78, 5) is 30.4. The number of hydrogen-bond acceptors (Lipinski definition) is 6. The Labute approximate surface area is 167 Å². The molecule has 0 spiro atoms. The Hall–Kier alpha value is -3.63. The molecule has 1 fully saturated rings. The first-order valence-electron chi connectivity index (χ1n) is 8.79. The summed E-state index contributed by atoms with van der Waals surface area (Å²) in [6, 6.07) is 4.18. The molecule has 3 heterocycles. The van der Waals surface area contributed by atoms with E-state index in [0.29, 0.717) is 30.0 Å². The van der Waals surface area contributed by atoms with Gasteiger partial charge in [-0.2, -0.15) is 13.2 Å². The first kappa shape index (κ1) is 19.7. The summed E-state index contributed by atoms with van der Waals surface area (Å²) in [5.74, 6) is -1.34. The molecule has 1 aromatic carbocycles. The zero-order chi connectivity index (χ0) is 21.5. The normalized spacial score (nSPS) is 14.5. The summed E-state index contributed by atoms with van der Waals surface area (Å²) < 4.78 is 51.3. The van der Waals surface area contributed by atoms with Crippen molar-refractivity contribution in [1.82, 2.24) is 25.3 Å². The molecule has 2 aromatic heterocycles. The highest BCUT2D eigenvalue weighted by Gasteiger charge is 2.32. The SMILES string of the molecule is C=C(F)C(=O)NC1CN(c2nc(-c3ccc(C(F)(F)F)cc3)nc3nccnc23)C1. The van der Waals surface area contributed by atoms with Gasteiger partial charge in [0.05, 0.1) is 11.6 Å². The zero-order valence-corrected chi connectivity index (χ0v) is 15.3. The maximum absolute atomic E-state index is 12.9. The van der Waals surface area contributed by atoms with E-state index in [1.165, 1.54) is 24.5 Å². The molecule has 0 bridgehead atoms. The number of halogens is 4. The number of hydrogen-bond donors (Lipinski definition) is 1. The topological polar surface area (TPSA) is 83.9 Å².